The highest BCUT2D eigenvalue weighted by Crippen LogP contribution is 2.29. The molecule has 1 amide bonds. The molecule has 2 fully saturated rings. The number of carbonyl (C=O) groups is 1. The van der Waals surface area contributed by atoms with Gasteiger partial charge in [0.2, 0.25) is 0 Å². The van der Waals surface area contributed by atoms with Crippen molar-refractivity contribution < 1.29 is 18.7 Å². The number of rotatable bonds is 4. The monoisotopic (exact) mass is 398 g/mol. The molecule has 0 bridgehead atoms. The standard InChI is InChI=1S/C16H19FN4O3S2/c1-19-5-6-20(15(19)26)13-4-3-10(7-12(13)17)21-9-11(24-16(21)22)8-18-14(25)23-2/h3-4,7,11H,5-6,8-9H2,1-2H3,(H,18,25)/t11-/m0/s1. The predicted molar refractivity (Wildman–Crippen MR) is 104 cm³/mol. The molecule has 1 N–H and O–H groups in total. The summed E-state index contributed by atoms with van der Waals surface area (Å²) in [5.74, 6) is -0.435. The quantitative estimate of drug-likeness (QED) is 0.770. The fourth-order valence-electron chi connectivity index (χ4n) is 2.86. The SMILES string of the molecule is COC(=S)NC[C@H]1CN(c2ccc(N3CCN(C)C3=S)c(F)c2)C(=O)O1. The molecule has 1 aromatic carbocycles. The van der Waals surface area contributed by atoms with E-state index < -0.39 is 18.0 Å². The lowest BCUT2D eigenvalue weighted by Gasteiger charge is -2.21. The van der Waals surface area contributed by atoms with Crippen LogP contribution in [-0.2, 0) is 9.47 Å². The second-order valence-electron chi connectivity index (χ2n) is 5.98. The number of nitrogens with zero attached hydrogens (tertiary/aromatic N) is 3. The van der Waals surface area contributed by atoms with Crippen LogP contribution in [0.5, 0.6) is 0 Å². The van der Waals surface area contributed by atoms with Crippen LogP contribution in [0.1, 0.15) is 0 Å². The second-order valence-corrected chi connectivity index (χ2v) is 6.72. The maximum atomic E-state index is 14.6. The summed E-state index contributed by atoms with van der Waals surface area (Å²) in [6.45, 7) is 1.99. The molecular formula is C16H19FN4O3S2. The summed E-state index contributed by atoms with van der Waals surface area (Å²) in [4.78, 5) is 17.1. The van der Waals surface area contributed by atoms with E-state index in [4.69, 9.17) is 33.9 Å². The number of nitrogens with one attached hydrogen (secondary N) is 1. The van der Waals surface area contributed by atoms with Crippen LogP contribution in [0.4, 0.5) is 20.6 Å². The van der Waals surface area contributed by atoms with E-state index in [0.717, 1.165) is 6.54 Å². The summed E-state index contributed by atoms with van der Waals surface area (Å²) in [5, 5.41) is 3.64. The summed E-state index contributed by atoms with van der Waals surface area (Å²) in [6.07, 6.45) is -0.929. The molecule has 0 saturated carbocycles. The Labute approximate surface area is 161 Å². The first kappa shape index (κ1) is 18.6. The Morgan fingerprint density at radius 1 is 1.42 bits per heavy atom. The van der Waals surface area contributed by atoms with Crippen LogP contribution in [0.25, 0.3) is 0 Å². The molecule has 7 nitrogen and oxygen atoms in total. The smallest absolute Gasteiger partial charge is 0.414 e. The number of carbonyl (C=O) groups excluding carboxylic acids is 1. The number of anilines is 2. The minimum absolute atomic E-state index is 0.224. The molecule has 10 heteroatoms. The highest BCUT2D eigenvalue weighted by Gasteiger charge is 2.33. The first-order valence-electron chi connectivity index (χ1n) is 8.03. The summed E-state index contributed by atoms with van der Waals surface area (Å²) >= 11 is 10.2. The van der Waals surface area contributed by atoms with Gasteiger partial charge in [0.1, 0.15) is 11.9 Å². The van der Waals surface area contributed by atoms with E-state index in [2.05, 4.69) is 5.32 Å². The first-order chi connectivity index (χ1) is 12.4. The van der Waals surface area contributed by atoms with Crippen LogP contribution in [0.15, 0.2) is 18.2 Å². The Hall–Kier alpha value is -2.20. The molecule has 1 aromatic rings. The van der Waals surface area contributed by atoms with Gasteiger partial charge >= 0.3 is 6.09 Å². The van der Waals surface area contributed by atoms with E-state index in [1.807, 2.05) is 11.9 Å². The Bertz CT molecular complexity index is 748. The molecule has 0 aliphatic carbocycles. The highest BCUT2D eigenvalue weighted by molar-refractivity contribution is 7.80. The lowest BCUT2D eigenvalue weighted by atomic mass is 10.2. The predicted octanol–water partition coefficient (Wildman–Crippen LogP) is 1.71. The molecule has 2 aliphatic rings. The third-order valence-corrected chi connectivity index (χ3v) is 5.13. The zero-order chi connectivity index (χ0) is 18.8. The lowest BCUT2D eigenvalue weighted by molar-refractivity contribution is 0.142. The van der Waals surface area contributed by atoms with Crippen LogP contribution in [0, 0.1) is 5.82 Å². The molecule has 0 spiro atoms. The third-order valence-electron chi connectivity index (χ3n) is 4.28. The molecular weight excluding hydrogens is 379 g/mol. The number of halogens is 1. The topological polar surface area (TPSA) is 57.3 Å². The molecule has 26 heavy (non-hydrogen) atoms. The van der Waals surface area contributed by atoms with Crippen molar-refractivity contribution in [3.05, 3.63) is 24.0 Å². The zero-order valence-corrected chi connectivity index (χ0v) is 16.0. The van der Waals surface area contributed by atoms with Gasteiger partial charge in [-0.25, -0.2) is 9.18 Å². The maximum Gasteiger partial charge on any atom is 0.414 e. The fraction of sp³-hybridized carbons (Fsp3) is 0.438. The van der Waals surface area contributed by atoms with E-state index in [9.17, 15) is 9.18 Å². The summed E-state index contributed by atoms with van der Waals surface area (Å²) < 4.78 is 24.7. The van der Waals surface area contributed by atoms with Crippen LogP contribution in [0.3, 0.4) is 0 Å². The van der Waals surface area contributed by atoms with Crippen molar-refractivity contribution in [3.63, 3.8) is 0 Å². The van der Waals surface area contributed by atoms with Crippen molar-refractivity contribution in [2.24, 2.45) is 0 Å². The average molecular weight is 398 g/mol. The Morgan fingerprint density at radius 3 is 2.81 bits per heavy atom. The van der Waals surface area contributed by atoms with Crippen molar-refractivity contribution in [1.29, 1.82) is 0 Å². The lowest BCUT2D eigenvalue weighted by Crippen LogP contribution is -2.34. The molecule has 2 heterocycles. The second kappa shape index (κ2) is 7.58. The number of methoxy groups -OCH3 is 1. The number of amides is 1. The van der Waals surface area contributed by atoms with Crippen molar-refractivity contribution >= 4 is 52.2 Å². The number of thiocarbonyl (C=S) groups is 2. The summed E-state index contributed by atoms with van der Waals surface area (Å²) in [5.41, 5.74) is 0.839. The van der Waals surface area contributed by atoms with Gasteiger partial charge in [0, 0.05) is 20.1 Å². The fourth-order valence-corrected chi connectivity index (χ4v) is 3.23. The number of likely N-dealkylation sites (N-methyl/N-ethyl adjacent to an activating group) is 1. The Balaban J connectivity index is 1.70. The van der Waals surface area contributed by atoms with Gasteiger partial charge in [-0.3, -0.25) is 4.90 Å². The average Bonchev–Trinajstić information content (AvgIpc) is 3.16. The molecule has 2 saturated heterocycles. The number of ether oxygens (including phenoxy) is 2. The Morgan fingerprint density at radius 2 is 2.19 bits per heavy atom. The first-order valence-corrected chi connectivity index (χ1v) is 8.84. The number of benzene rings is 1. The maximum absolute atomic E-state index is 14.6. The van der Waals surface area contributed by atoms with Gasteiger partial charge in [0.05, 0.1) is 31.6 Å². The van der Waals surface area contributed by atoms with Crippen molar-refractivity contribution in [1.82, 2.24) is 10.2 Å². The van der Waals surface area contributed by atoms with Gasteiger partial charge in [-0.05, 0) is 42.6 Å². The van der Waals surface area contributed by atoms with Crippen LogP contribution < -0.4 is 15.1 Å². The van der Waals surface area contributed by atoms with Crippen molar-refractivity contribution in [2.75, 3.05) is 50.1 Å². The molecule has 0 radical (unpaired) electrons. The number of cyclic esters (lactones) is 1. The number of hydrogen-bond donors (Lipinski definition) is 1. The van der Waals surface area contributed by atoms with Crippen LogP contribution >= 0.6 is 24.4 Å². The van der Waals surface area contributed by atoms with Crippen LogP contribution in [0.2, 0.25) is 0 Å². The largest absolute Gasteiger partial charge is 0.474 e. The summed E-state index contributed by atoms with van der Waals surface area (Å²) in [6, 6.07) is 4.65. The number of hydrogen-bond acceptors (Lipinski definition) is 5. The zero-order valence-electron chi connectivity index (χ0n) is 14.4. The third kappa shape index (κ3) is 3.65. The van der Waals surface area contributed by atoms with E-state index >= 15 is 0 Å². The molecule has 140 valence electrons. The van der Waals surface area contributed by atoms with Gasteiger partial charge in [-0.15, -0.1) is 0 Å². The Kier molecular flexibility index (Phi) is 5.42. The molecule has 3 rings (SSSR count). The molecule has 0 aromatic heterocycles. The molecule has 0 unspecified atom stereocenters. The van der Waals surface area contributed by atoms with E-state index in [0.29, 0.717) is 36.1 Å². The highest BCUT2D eigenvalue weighted by atomic mass is 32.1. The van der Waals surface area contributed by atoms with E-state index in [1.165, 1.54) is 18.1 Å². The van der Waals surface area contributed by atoms with Gasteiger partial charge in [-0.1, -0.05) is 0 Å². The molecule has 2 aliphatic heterocycles. The molecule has 1 atom stereocenters. The van der Waals surface area contributed by atoms with Gasteiger partial charge in [0.25, 0.3) is 5.17 Å². The van der Waals surface area contributed by atoms with E-state index in [1.54, 1.807) is 17.0 Å². The van der Waals surface area contributed by atoms with Gasteiger partial charge < -0.3 is 24.6 Å². The van der Waals surface area contributed by atoms with E-state index in [-0.39, 0.29) is 5.17 Å². The minimum Gasteiger partial charge on any atom is -0.474 e. The van der Waals surface area contributed by atoms with Gasteiger partial charge in [0.15, 0.2) is 5.11 Å². The van der Waals surface area contributed by atoms with Gasteiger partial charge in [-0.2, -0.15) is 0 Å². The minimum atomic E-state index is -0.524. The summed E-state index contributed by atoms with van der Waals surface area (Å²) in [7, 11) is 3.33. The van der Waals surface area contributed by atoms with Crippen LogP contribution in [-0.4, -0.2) is 67.7 Å². The normalized spacial score (nSPS) is 19.8. The van der Waals surface area contributed by atoms with Crippen molar-refractivity contribution in [2.45, 2.75) is 6.10 Å². The van der Waals surface area contributed by atoms with Crippen molar-refractivity contribution in [3.8, 4) is 0 Å².